The van der Waals surface area contributed by atoms with Crippen LogP contribution in [-0.4, -0.2) is 25.0 Å². The second-order valence-electron chi connectivity index (χ2n) is 6.46. The van der Waals surface area contributed by atoms with Gasteiger partial charge in [-0.25, -0.2) is 0 Å². The van der Waals surface area contributed by atoms with Crippen LogP contribution in [0.2, 0.25) is 0 Å². The van der Waals surface area contributed by atoms with E-state index in [0.717, 1.165) is 38.3 Å². The van der Waals surface area contributed by atoms with E-state index >= 15 is 0 Å². The zero-order chi connectivity index (χ0) is 14.8. The van der Waals surface area contributed by atoms with Crippen LogP contribution in [-0.2, 0) is 4.79 Å². The van der Waals surface area contributed by atoms with Crippen molar-refractivity contribution >= 4 is 18.3 Å². The highest BCUT2D eigenvalue weighted by Gasteiger charge is 2.22. The summed E-state index contributed by atoms with van der Waals surface area (Å²) in [6.07, 6.45) is 8.99. The molecule has 4 heteroatoms. The van der Waals surface area contributed by atoms with Crippen molar-refractivity contribution in [3.8, 4) is 0 Å². The smallest absolute Gasteiger partial charge is 0.220 e. The first-order valence-corrected chi connectivity index (χ1v) is 8.67. The molecule has 126 valence electrons. The van der Waals surface area contributed by atoms with Gasteiger partial charge in [-0.05, 0) is 50.6 Å². The normalized spacial score (nSPS) is 18.6. The molecule has 2 N–H and O–H groups in total. The molecule has 3 nitrogen and oxygen atoms in total. The van der Waals surface area contributed by atoms with Crippen LogP contribution in [0.15, 0.2) is 0 Å². The molecule has 1 amide bonds. The summed E-state index contributed by atoms with van der Waals surface area (Å²) < 4.78 is 0. The van der Waals surface area contributed by atoms with Crippen molar-refractivity contribution in [2.24, 2.45) is 11.8 Å². The molecule has 21 heavy (non-hydrogen) atoms. The molecule has 0 aromatic heterocycles. The minimum absolute atomic E-state index is 0. The van der Waals surface area contributed by atoms with E-state index in [-0.39, 0.29) is 18.3 Å². The summed E-state index contributed by atoms with van der Waals surface area (Å²) in [5, 5.41) is 6.66. The number of rotatable bonds is 9. The number of halogens is 1. The summed E-state index contributed by atoms with van der Waals surface area (Å²) in [6.45, 7) is 8.89. The maximum Gasteiger partial charge on any atom is 0.220 e. The van der Waals surface area contributed by atoms with Crippen LogP contribution in [0.25, 0.3) is 0 Å². The second-order valence-corrected chi connectivity index (χ2v) is 6.46. The van der Waals surface area contributed by atoms with Gasteiger partial charge >= 0.3 is 0 Å². The van der Waals surface area contributed by atoms with E-state index in [1.165, 1.54) is 25.7 Å². The van der Waals surface area contributed by atoms with Gasteiger partial charge in [0.25, 0.3) is 0 Å². The molecule has 2 atom stereocenters. The van der Waals surface area contributed by atoms with E-state index < -0.39 is 0 Å². The molecule has 1 saturated heterocycles. The lowest BCUT2D eigenvalue weighted by Gasteiger charge is -2.28. The van der Waals surface area contributed by atoms with Gasteiger partial charge in [0.2, 0.25) is 5.91 Å². The Morgan fingerprint density at radius 1 is 1.19 bits per heavy atom. The Hall–Kier alpha value is -0.280. The van der Waals surface area contributed by atoms with Crippen LogP contribution in [0.1, 0.15) is 72.1 Å². The molecule has 0 aliphatic carbocycles. The number of nitrogens with one attached hydrogen (secondary N) is 2. The molecule has 0 radical (unpaired) electrons. The lowest BCUT2D eigenvalue weighted by molar-refractivity contribution is -0.123. The Balaban J connectivity index is 0.00000400. The Morgan fingerprint density at radius 2 is 1.86 bits per heavy atom. The van der Waals surface area contributed by atoms with Crippen molar-refractivity contribution in [2.75, 3.05) is 13.1 Å². The standard InChI is InChI=1S/C17H34N2O.ClH/c1-4-6-8-16(7-5-2)19-17(20)13-14(3)15-9-11-18-12-10-15;/h14-16,18H,4-13H2,1-3H3,(H,19,20);1H. The SMILES string of the molecule is CCCCC(CCC)NC(=O)CC(C)C1CCNCC1.Cl. The maximum atomic E-state index is 12.2. The molecule has 2 unspecified atom stereocenters. The van der Waals surface area contributed by atoms with Gasteiger partial charge in [-0.3, -0.25) is 4.79 Å². The topological polar surface area (TPSA) is 41.1 Å². The van der Waals surface area contributed by atoms with E-state index in [0.29, 0.717) is 18.4 Å². The van der Waals surface area contributed by atoms with Crippen LogP contribution >= 0.6 is 12.4 Å². The van der Waals surface area contributed by atoms with Gasteiger partial charge in [0.15, 0.2) is 0 Å². The van der Waals surface area contributed by atoms with Gasteiger partial charge in [-0.2, -0.15) is 0 Å². The zero-order valence-corrected chi connectivity index (χ0v) is 14.9. The van der Waals surface area contributed by atoms with Gasteiger partial charge in [-0.1, -0.05) is 40.0 Å². The van der Waals surface area contributed by atoms with Crippen LogP contribution in [0.3, 0.4) is 0 Å². The Kier molecular flexibility index (Phi) is 12.1. The second kappa shape index (κ2) is 12.3. The van der Waals surface area contributed by atoms with Crippen LogP contribution in [0.5, 0.6) is 0 Å². The fourth-order valence-corrected chi connectivity index (χ4v) is 3.25. The fraction of sp³-hybridized carbons (Fsp3) is 0.941. The molecule has 0 spiro atoms. The van der Waals surface area contributed by atoms with Gasteiger partial charge in [-0.15, -0.1) is 12.4 Å². The summed E-state index contributed by atoms with van der Waals surface area (Å²) in [5.41, 5.74) is 0. The molecule has 1 rings (SSSR count). The van der Waals surface area contributed by atoms with Crippen LogP contribution in [0, 0.1) is 11.8 Å². The van der Waals surface area contributed by atoms with Crippen molar-refractivity contribution in [1.29, 1.82) is 0 Å². The number of carbonyl (C=O) groups excluding carboxylic acids is 1. The third-order valence-electron chi connectivity index (χ3n) is 4.60. The number of piperidine rings is 1. The Bertz CT molecular complexity index is 262. The van der Waals surface area contributed by atoms with Gasteiger partial charge in [0.05, 0.1) is 0 Å². The summed E-state index contributed by atoms with van der Waals surface area (Å²) in [4.78, 5) is 12.2. The first-order valence-electron chi connectivity index (χ1n) is 8.67. The fourth-order valence-electron chi connectivity index (χ4n) is 3.25. The third-order valence-corrected chi connectivity index (χ3v) is 4.60. The summed E-state index contributed by atoms with van der Waals surface area (Å²) in [6, 6.07) is 0.396. The lowest BCUT2D eigenvalue weighted by Crippen LogP contribution is -2.37. The highest BCUT2D eigenvalue weighted by molar-refractivity contribution is 5.85. The van der Waals surface area contributed by atoms with E-state index in [2.05, 4.69) is 31.4 Å². The summed E-state index contributed by atoms with van der Waals surface area (Å²) >= 11 is 0. The monoisotopic (exact) mass is 318 g/mol. The molecule has 0 saturated carbocycles. The van der Waals surface area contributed by atoms with Crippen molar-refractivity contribution < 1.29 is 4.79 Å². The van der Waals surface area contributed by atoms with Gasteiger partial charge < -0.3 is 10.6 Å². The van der Waals surface area contributed by atoms with Crippen molar-refractivity contribution in [3.05, 3.63) is 0 Å². The quantitative estimate of drug-likeness (QED) is 0.676. The minimum atomic E-state index is 0. The molecule has 1 fully saturated rings. The molecule has 1 heterocycles. The Morgan fingerprint density at radius 3 is 2.43 bits per heavy atom. The summed E-state index contributed by atoms with van der Waals surface area (Å²) in [5.74, 6) is 1.51. The number of hydrogen-bond acceptors (Lipinski definition) is 2. The zero-order valence-electron chi connectivity index (χ0n) is 14.1. The molecule has 0 aromatic carbocycles. The van der Waals surface area contributed by atoms with Crippen LogP contribution < -0.4 is 10.6 Å². The van der Waals surface area contributed by atoms with E-state index in [1.807, 2.05) is 0 Å². The average molecular weight is 319 g/mol. The molecular formula is C17H35ClN2O. The molecule has 1 aliphatic rings. The molecule has 0 bridgehead atoms. The van der Waals surface area contributed by atoms with E-state index in [1.54, 1.807) is 0 Å². The molecule has 1 aliphatic heterocycles. The highest BCUT2D eigenvalue weighted by Crippen LogP contribution is 2.24. The maximum absolute atomic E-state index is 12.2. The van der Waals surface area contributed by atoms with Gasteiger partial charge in [0.1, 0.15) is 0 Å². The van der Waals surface area contributed by atoms with Crippen LogP contribution in [0.4, 0.5) is 0 Å². The van der Waals surface area contributed by atoms with Crippen molar-refractivity contribution in [2.45, 2.75) is 78.2 Å². The van der Waals surface area contributed by atoms with Gasteiger partial charge in [0, 0.05) is 12.5 Å². The predicted octanol–water partition coefficient (Wildman–Crippen LogP) is 3.91. The highest BCUT2D eigenvalue weighted by atomic mass is 35.5. The third kappa shape index (κ3) is 8.67. The van der Waals surface area contributed by atoms with E-state index in [4.69, 9.17) is 0 Å². The van der Waals surface area contributed by atoms with Crippen molar-refractivity contribution in [1.82, 2.24) is 10.6 Å². The summed E-state index contributed by atoms with van der Waals surface area (Å²) in [7, 11) is 0. The number of carbonyl (C=O) groups is 1. The number of hydrogen-bond donors (Lipinski definition) is 2. The molecule has 0 aromatic rings. The average Bonchev–Trinajstić information content (AvgIpc) is 2.45. The first-order chi connectivity index (χ1) is 9.67. The lowest BCUT2D eigenvalue weighted by atomic mass is 9.84. The minimum Gasteiger partial charge on any atom is -0.353 e. The first kappa shape index (κ1) is 20.7. The van der Waals surface area contributed by atoms with E-state index in [9.17, 15) is 4.79 Å². The predicted molar refractivity (Wildman–Crippen MR) is 93.0 cm³/mol. The largest absolute Gasteiger partial charge is 0.353 e. The Labute approximate surface area is 137 Å². The van der Waals surface area contributed by atoms with Crippen molar-refractivity contribution in [3.63, 3.8) is 0 Å². The number of unbranched alkanes of at least 4 members (excludes halogenated alkanes) is 1. The molecular weight excluding hydrogens is 284 g/mol. The number of amides is 1.